The molecule has 0 aliphatic carbocycles. The molecule has 1 aromatic heterocycles. The molecule has 3 aromatic rings. The Morgan fingerprint density at radius 3 is 2.57 bits per heavy atom. The van der Waals surface area contributed by atoms with Crippen molar-refractivity contribution in [2.24, 2.45) is 0 Å². The quantitative estimate of drug-likeness (QED) is 0.690. The van der Waals surface area contributed by atoms with Gasteiger partial charge in [-0.3, -0.25) is 14.8 Å². The fourth-order valence-corrected chi connectivity index (χ4v) is 2.24. The third-order valence-corrected chi connectivity index (χ3v) is 3.39. The molecule has 0 bridgehead atoms. The summed E-state index contributed by atoms with van der Waals surface area (Å²) >= 11 is 5.70. The molecule has 104 valence electrons. The van der Waals surface area contributed by atoms with Crippen LogP contribution in [-0.4, -0.2) is 15.8 Å². The second kappa shape index (κ2) is 5.58. The van der Waals surface area contributed by atoms with Crippen molar-refractivity contribution in [1.82, 2.24) is 9.97 Å². The van der Waals surface area contributed by atoms with Crippen LogP contribution in [0.3, 0.4) is 0 Å². The van der Waals surface area contributed by atoms with Crippen molar-refractivity contribution in [1.29, 1.82) is 0 Å². The van der Waals surface area contributed by atoms with Crippen molar-refractivity contribution in [3.05, 3.63) is 70.8 Å². The van der Waals surface area contributed by atoms with E-state index in [1.165, 1.54) is 12.1 Å². The summed E-state index contributed by atoms with van der Waals surface area (Å²) in [5.41, 5.74) is 2.16. The predicted molar refractivity (Wildman–Crippen MR) is 79.0 cm³/mol. The van der Waals surface area contributed by atoms with Gasteiger partial charge in [0.05, 0.1) is 11.0 Å². The van der Waals surface area contributed by atoms with Gasteiger partial charge in [-0.2, -0.15) is 0 Å². The molecule has 2 aromatic carbocycles. The number of halogens is 2. The molecule has 3 rings (SSSR count). The Balaban J connectivity index is 1.89. The number of Topliss-reactive ketones (excluding diaryl/α,β-unsaturated/α-hetero) is 1. The van der Waals surface area contributed by atoms with E-state index in [1.807, 2.05) is 0 Å². The molecule has 21 heavy (non-hydrogen) atoms. The van der Waals surface area contributed by atoms with Crippen LogP contribution in [0.5, 0.6) is 0 Å². The van der Waals surface area contributed by atoms with Crippen LogP contribution in [0, 0.1) is 5.82 Å². The number of fused-ring (bicyclic) bond motifs is 1. The second-order valence-electron chi connectivity index (χ2n) is 4.60. The average Bonchev–Trinajstić information content (AvgIpc) is 2.49. The zero-order valence-corrected chi connectivity index (χ0v) is 11.6. The summed E-state index contributed by atoms with van der Waals surface area (Å²) in [5, 5.41) is 0.310. The third-order valence-electron chi connectivity index (χ3n) is 3.16. The highest BCUT2D eigenvalue weighted by Crippen LogP contribution is 2.18. The Kier molecular flexibility index (Phi) is 3.62. The minimum atomic E-state index is -0.476. The lowest BCUT2D eigenvalue weighted by atomic mass is 10.0. The topological polar surface area (TPSA) is 42.9 Å². The first-order chi connectivity index (χ1) is 10.1. The van der Waals surface area contributed by atoms with Crippen LogP contribution in [-0.2, 0) is 6.42 Å². The zero-order chi connectivity index (χ0) is 14.8. The molecule has 3 nitrogen and oxygen atoms in total. The Morgan fingerprint density at radius 1 is 1.05 bits per heavy atom. The number of hydrogen-bond donors (Lipinski definition) is 0. The summed E-state index contributed by atoms with van der Waals surface area (Å²) in [4.78, 5) is 20.5. The van der Waals surface area contributed by atoms with Crippen molar-refractivity contribution in [2.45, 2.75) is 6.42 Å². The SMILES string of the molecule is O=C(Cc1ccc(Cl)cc1F)c1ccc2nccnc2c1. The molecule has 0 unspecified atom stereocenters. The van der Waals surface area contributed by atoms with Gasteiger partial charge in [0.15, 0.2) is 5.78 Å². The minimum Gasteiger partial charge on any atom is -0.294 e. The second-order valence-corrected chi connectivity index (χ2v) is 5.03. The Labute approximate surface area is 125 Å². The first-order valence-electron chi connectivity index (χ1n) is 6.31. The third kappa shape index (κ3) is 2.90. The number of ketones is 1. The maximum absolute atomic E-state index is 13.7. The summed E-state index contributed by atoms with van der Waals surface area (Å²) in [7, 11) is 0. The van der Waals surface area contributed by atoms with Crippen molar-refractivity contribution in [2.75, 3.05) is 0 Å². The van der Waals surface area contributed by atoms with E-state index in [9.17, 15) is 9.18 Å². The van der Waals surface area contributed by atoms with Crippen LogP contribution in [0.2, 0.25) is 5.02 Å². The molecule has 0 spiro atoms. The van der Waals surface area contributed by atoms with Crippen molar-refractivity contribution in [3.63, 3.8) is 0 Å². The number of hydrogen-bond acceptors (Lipinski definition) is 3. The maximum Gasteiger partial charge on any atom is 0.167 e. The molecular weight excluding hydrogens is 291 g/mol. The average molecular weight is 301 g/mol. The van der Waals surface area contributed by atoms with Gasteiger partial charge in [0.1, 0.15) is 5.82 Å². The van der Waals surface area contributed by atoms with Gasteiger partial charge >= 0.3 is 0 Å². The van der Waals surface area contributed by atoms with Crippen LogP contribution in [0.15, 0.2) is 48.8 Å². The van der Waals surface area contributed by atoms with Crippen LogP contribution in [0.4, 0.5) is 4.39 Å². The molecule has 0 saturated carbocycles. The summed E-state index contributed by atoms with van der Waals surface area (Å²) in [6, 6.07) is 9.37. The predicted octanol–water partition coefficient (Wildman–Crippen LogP) is 3.85. The van der Waals surface area contributed by atoms with Gasteiger partial charge in [-0.25, -0.2) is 4.39 Å². The van der Waals surface area contributed by atoms with E-state index in [0.717, 1.165) is 0 Å². The highest BCUT2D eigenvalue weighted by atomic mass is 35.5. The van der Waals surface area contributed by atoms with Crippen LogP contribution < -0.4 is 0 Å². The summed E-state index contributed by atoms with van der Waals surface area (Å²) in [6.07, 6.45) is 3.14. The zero-order valence-electron chi connectivity index (χ0n) is 10.9. The van der Waals surface area contributed by atoms with E-state index >= 15 is 0 Å². The van der Waals surface area contributed by atoms with E-state index in [0.29, 0.717) is 27.2 Å². The number of aromatic nitrogens is 2. The fourth-order valence-electron chi connectivity index (χ4n) is 2.08. The van der Waals surface area contributed by atoms with Crippen molar-refractivity contribution in [3.8, 4) is 0 Å². The normalized spacial score (nSPS) is 10.8. The molecular formula is C16H10ClFN2O. The lowest BCUT2D eigenvalue weighted by molar-refractivity contribution is 0.0992. The lowest BCUT2D eigenvalue weighted by Crippen LogP contribution is -2.05. The molecule has 5 heteroatoms. The highest BCUT2D eigenvalue weighted by molar-refractivity contribution is 6.30. The van der Waals surface area contributed by atoms with E-state index in [2.05, 4.69) is 9.97 Å². The fraction of sp³-hybridized carbons (Fsp3) is 0.0625. The Morgan fingerprint density at radius 2 is 1.81 bits per heavy atom. The van der Waals surface area contributed by atoms with Gasteiger partial charge in [-0.05, 0) is 35.9 Å². The molecule has 0 amide bonds. The van der Waals surface area contributed by atoms with Crippen molar-refractivity contribution >= 4 is 28.4 Å². The molecule has 1 heterocycles. The monoisotopic (exact) mass is 300 g/mol. The van der Waals surface area contributed by atoms with Crippen LogP contribution in [0.1, 0.15) is 15.9 Å². The highest BCUT2D eigenvalue weighted by Gasteiger charge is 2.12. The molecule has 0 saturated heterocycles. The number of benzene rings is 2. The standard InChI is InChI=1S/C16H10ClFN2O/c17-12-3-1-10(13(18)9-12)8-16(21)11-2-4-14-15(7-11)20-6-5-19-14/h1-7,9H,8H2. The number of carbonyl (C=O) groups is 1. The number of carbonyl (C=O) groups excluding carboxylic acids is 1. The Bertz CT molecular complexity index is 835. The summed E-state index contributed by atoms with van der Waals surface area (Å²) in [6.45, 7) is 0. The summed E-state index contributed by atoms with van der Waals surface area (Å²) in [5.74, 6) is -0.653. The van der Waals surface area contributed by atoms with Gasteiger partial charge in [0.25, 0.3) is 0 Å². The summed E-state index contributed by atoms with van der Waals surface area (Å²) < 4.78 is 13.7. The van der Waals surface area contributed by atoms with Gasteiger partial charge < -0.3 is 0 Å². The van der Waals surface area contributed by atoms with Crippen LogP contribution >= 0.6 is 11.6 Å². The molecule has 0 aliphatic rings. The molecule has 0 fully saturated rings. The minimum absolute atomic E-state index is 0.0191. The van der Waals surface area contributed by atoms with Gasteiger partial charge in [-0.1, -0.05) is 17.7 Å². The van der Waals surface area contributed by atoms with Gasteiger partial charge in [-0.15, -0.1) is 0 Å². The molecule has 0 radical (unpaired) electrons. The number of nitrogens with zero attached hydrogens (tertiary/aromatic N) is 2. The first-order valence-corrected chi connectivity index (χ1v) is 6.69. The van der Waals surface area contributed by atoms with Gasteiger partial charge in [0, 0.05) is 29.4 Å². The van der Waals surface area contributed by atoms with Crippen molar-refractivity contribution < 1.29 is 9.18 Å². The largest absolute Gasteiger partial charge is 0.294 e. The maximum atomic E-state index is 13.7. The van der Waals surface area contributed by atoms with Gasteiger partial charge in [0.2, 0.25) is 0 Å². The van der Waals surface area contributed by atoms with E-state index in [-0.39, 0.29) is 12.2 Å². The Hall–Kier alpha value is -2.33. The van der Waals surface area contributed by atoms with E-state index in [1.54, 1.807) is 36.7 Å². The first kappa shape index (κ1) is 13.6. The smallest absolute Gasteiger partial charge is 0.167 e. The molecule has 0 atom stereocenters. The van der Waals surface area contributed by atoms with E-state index in [4.69, 9.17) is 11.6 Å². The lowest BCUT2D eigenvalue weighted by Gasteiger charge is -2.04. The van der Waals surface area contributed by atoms with Crippen LogP contribution in [0.25, 0.3) is 11.0 Å². The molecule has 0 aliphatic heterocycles. The number of rotatable bonds is 3. The van der Waals surface area contributed by atoms with E-state index < -0.39 is 5.82 Å². The molecule has 0 N–H and O–H groups in total.